The van der Waals surface area contributed by atoms with E-state index in [2.05, 4.69) is 0 Å². The minimum atomic E-state index is -1.63. The molecule has 138 valence electrons. The summed E-state index contributed by atoms with van der Waals surface area (Å²) in [6.45, 7) is 4.05. The first-order valence-corrected chi connectivity index (χ1v) is 7.82. The van der Waals surface area contributed by atoms with Crippen LogP contribution in [0, 0.1) is 10.1 Å². The normalized spacial score (nSPS) is 33.6. The molecule has 1 saturated heterocycles. The van der Waals surface area contributed by atoms with E-state index in [1.165, 1.54) is 28.1 Å². The van der Waals surface area contributed by atoms with Crippen molar-refractivity contribution in [1.82, 2.24) is 0 Å². The van der Waals surface area contributed by atoms with Gasteiger partial charge in [0.1, 0.15) is 0 Å². The van der Waals surface area contributed by atoms with E-state index >= 15 is 0 Å². The van der Waals surface area contributed by atoms with Gasteiger partial charge in [0.25, 0.3) is 5.79 Å². The van der Waals surface area contributed by atoms with Gasteiger partial charge in [-0.25, -0.2) is 4.79 Å². The Balaban J connectivity index is 2.52. The van der Waals surface area contributed by atoms with E-state index in [4.69, 9.17) is 18.9 Å². The molecule has 1 aromatic carbocycles. The van der Waals surface area contributed by atoms with Crippen LogP contribution < -0.4 is 0 Å². The van der Waals surface area contributed by atoms with Crippen molar-refractivity contribution in [3.05, 3.63) is 46.0 Å². The van der Waals surface area contributed by atoms with Crippen molar-refractivity contribution in [1.29, 1.82) is 0 Å². The van der Waals surface area contributed by atoms with Crippen LogP contribution >= 0.6 is 0 Å². The molecule has 2 rings (SSSR count). The molecule has 0 unspecified atom stereocenters. The van der Waals surface area contributed by atoms with E-state index in [9.17, 15) is 14.9 Å². The first-order valence-electron chi connectivity index (χ1n) is 7.82. The molecule has 8 nitrogen and oxygen atoms in total. The van der Waals surface area contributed by atoms with Crippen molar-refractivity contribution in [3.8, 4) is 0 Å². The molecule has 0 aromatic heterocycles. The Labute approximate surface area is 146 Å². The topological polar surface area (TPSA) is 97.1 Å². The van der Waals surface area contributed by atoms with Crippen LogP contribution in [0.25, 0.3) is 0 Å². The molecule has 0 saturated carbocycles. The Kier molecular flexibility index (Phi) is 5.17. The summed E-state index contributed by atoms with van der Waals surface area (Å²) in [7, 11) is 2.75. The summed E-state index contributed by atoms with van der Waals surface area (Å²) in [5.41, 5.74) is -1.03. The number of cyclic esters (lactones) is 1. The Morgan fingerprint density at radius 3 is 2.16 bits per heavy atom. The number of carbonyl (C=O) groups excluding carboxylic acids is 1. The summed E-state index contributed by atoms with van der Waals surface area (Å²) < 4.78 is 22.2. The summed E-state index contributed by atoms with van der Waals surface area (Å²) in [6, 6.07) is 8.70. The summed E-state index contributed by atoms with van der Waals surface area (Å²) in [6.07, 6.45) is 0. The third-order valence-electron chi connectivity index (χ3n) is 4.90. The van der Waals surface area contributed by atoms with Crippen LogP contribution in [-0.2, 0) is 23.7 Å². The Bertz CT molecular complexity index is 652. The largest absolute Gasteiger partial charge is 0.425 e. The number of hydrogen-bond acceptors (Lipinski definition) is 7. The maximum absolute atomic E-state index is 12.8. The van der Waals surface area contributed by atoms with E-state index in [0.29, 0.717) is 5.56 Å². The number of ether oxygens (including phenoxy) is 4. The second kappa shape index (κ2) is 6.70. The predicted octanol–water partition coefficient (Wildman–Crippen LogP) is 2.10. The Morgan fingerprint density at radius 1 is 1.12 bits per heavy atom. The van der Waals surface area contributed by atoms with E-state index in [0.717, 1.165) is 0 Å². The number of esters is 1. The van der Waals surface area contributed by atoms with Gasteiger partial charge in [0, 0.05) is 26.1 Å². The number of nitro groups is 1. The molecular formula is C17H23NO7. The second-order valence-electron chi connectivity index (χ2n) is 6.38. The van der Waals surface area contributed by atoms with Gasteiger partial charge in [0.2, 0.25) is 12.3 Å². The SMILES string of the molecule is CO[C@]1(C)OC(=O)[C@](C)([C@@H](C[N+](=O)[O-])c2ccccc2)O[C@@]1(C)OC. The van der Waals surface area contributed by atoms with Crippen LogP contribution in [0.4, 0.5) is 0 Å². The maximum atomic E-state index is 12.8. The van der Waals surface area contributed by atoms with Crippen molar-refractivity contribution in [2.45, 2.75) is 43.9 Å². The maximum Gasteiger partial charge on any atom is 0.341 e. The molecule has 8 heteroatoms. The average molecular weight is 353 g/mol. The van der Waals surface area contributed by atoms with Crippen LogP contribution in [-0.4, -0.2) is 48.8 Å². The highest BCUT2D eigenvalue weighted by Crippen LogP contribution is 2.46. The molecule has 25 heavy (non-hydrogen) atoms. The number of carbonyl (C=O) groups is 1. The molecule has 0 bridgehead atoms. The fourth-order valence-electron chi connectivity index (χ4n) is 3.01. The number of benzene rings is 1. The van der Waals surface area contributed by atoms with Crippen LogP contribution in [0.3, 0.4) is 0 Å². The zero-order valence-corrected chi connectivity index (χ0v) is 15.0. The van der Waals surface area contributed by atoms with Crippen molar-refractivity contribution < 1.29 is 28.7 Å². The third kappa shape index (κ3) is 3.24. The van der Waals surface area contributed by atoms with Gasteiger partial charge in [-0.1, -0.05) is 30.3 Å². The zero-order valence-electron chi connectivity index (χ0n) is 15.0. The summed E-state index contributed by atoms with van der Waals surface area (Å²) in [4.78, 5) is 23.5. The Hall–Kier alpha value is -2.03. The highest BCUT2D eigenvalue weighted by molar-refractivity contribution is 5.82. The molecular weight excluding hydrogens is 330 g/mol. The van der Waals surface area contributed by atoms with Gasteiger partial charge in [-0.3, -0.25) is 10.1 Å². The standard InChI is InChI=1S/C17H23NO7/c1-15(13(11-18(20)21)12-9-7-6-8-10-12)14(19)24-16(2,22-4)17(3,23-5)25-15/h6-10,13H,11H2,1-5H3/t13-,15-,16+,17+/m0/s1. The lowest BCUT2D eigenvalue weighted by atomic mass is 9.81. The van der Waals surface area contributed by atoms with Crippen molar-refractivity contribution in [2.24, 2.45) is 0 Å². The van der Waals surface area contributed by atoms with Crippen molar-refractivity contribution in [2.75, 3.05) is 20.8 Å². The fraction of sp³-hybridized carbons (Fsp3) is 0.588. The monoisotopic (exact) mass is 353 g/mol. The van der Waals surface area contributed by atoms with Crippen LogP contribution in [0.2, 0.25) is 0 Å². The lowest BCUT2D eigenvalue weighted by Gasteiger charge is -2.52. The van der Waals surface area contributed by atoms with E-state index < -0.39 is 40.5 Å². The first-order chi connectivity index (χ1) is 11.6. The Morgan fingerprint density at radius 2 is 1.68 bits per heavy atom. The van der Waals surface area contributed by atoms with Crippen LogP contribution in [0.1, 0.15) is 32.3 Å². The third-order valence-corrected chi connectivity index (χ3v) is 4.90. The zero-order chi connectivity index (χ0) is 18.9. The van der Waals surface area contributed by atoms with Gasteiger partial charge in [0.15, 0.2) is 5.60 Å². The number of hydrogen-bond donors (Lipinski definition) is 0. The number of methoxy groups -OCH3 is 2. The first kappa shape index (κ1) is 19.3. The molecule has 0 N–H and O–H groups in total. The molecule has 1 aromatic rings. The van der Waals surface area contributed by atoms with Crippen LogP contribution in [0.15, 0.2) is 30.3 Å². The van der Waals surface area contributed by atoms with Gasteiger partial charge in [0.05, 0.1) is 5.92 Å². The lowest BCUT2D eigenvalue weighted by molar-refractivity contribution is -0.493. The van der Waals surface area contributed by atoms with Gasteiger partial charge in [-0.15, -0.1) is 0 Å². The summed E-state index contributed by atoms with van der Waals surface area (Å²) in [5, 5.41) is 11.2. The molecule has 1 aliphatic heterocycles. The van der Waals surface area contributed by atoms with Gasteiger partial charge in [-0.05, 0) is 19.4 Å². The second-order valence-corrected chi connectivity index (χ2v) is 6.38. The molecule has 0 spiro atoms. The van der Waals surface area contributed by atoms with Gasteiger partial charge < -0.3 is 18.9 Å². The molecule has 1 aliphatic rings. The summed E-state index contributed by atoms with van der Waals surface area (Å²) in [5.74, 6) is -4.56. The predicted molar refractivity (Wildman–Crippen MR) is 87.5 cm³/mol. The van der Waals surface area contributed by atoms with E-state index in [1.54, 1.807) is 37.3 Å². The quantitative estimate of drug-likeness (QED) is 0.439. The van der Waals surface area contributed by atoms with Gasteiger partial charge in [-0.2, -0.15) is 0 Å². The highest BCUT2D eigenvalue weighted by Gasteiger charge is 2.64. The fourth-order valence-corrected chi connectivity index (χ4v) is 3.01. The average Bonchev–Trinajstić information content (AvgIpc) is 2.58. The molecule has 4 atom stereocenters. The molecule has 1 fully saturated rings. The van der Waals surface area contributed by atoms with Crippen LogP contribution in [0.5, 0.6) is 0 Å². The smallest absolute Gasteiger partial charge is 0.341 e. The number of rotatable bonds is 6. The molecule has 0 amide bonds. The minimum absolute atomic E-state index is 0.478. The van der Waals surface area contributed by atoms with E-state index in [1.807, 2.05) is 0 Å². The summed E-state index contributed by atoms with van der Waals surface area (Å²) >= 11 is 0. The minimum Gasteiger partial charge on any atom is -0.425 e. The lowest BCUT2D eigenvalue weighted by Crippen LogP contribution is -2.69. The number of nitrogens with zero attached hydrogens (tertiary/aromatic N) is 1. The molecule has 1 heterocycles. The van der Waals surface area contributed by atoms with Crippen molar-refractivity contribution >= 4 is 5.97 Å². The molecule has 0 aliphatic carbocycles. The van der Waals surface area contributed by atoms with E-state index in [-0.39, 0.29) is 0 Å². The van der Waals surface area contributed by atoms with Crippen molar-refractivity contribution in [3.63, 3.8) is 0 Å². The molecule has 0 radical (unpaired) electrons. The van der Waals surface area contributed by atoms with Gasteiger partial charge >= 0.3 is 5.97 Å². The highest BCUT2D eigenvalue weighted by atomic mass is 16.8.